The number of benzene rings is 2. The first-order valence-corrected chi connectivity index (χ1v) is 11.7. The molecule has 0 aliphatic carbocycles. The molecule has 4 rings (SSSR count). The van der Waals surface area contributed by atoms with Crippen molar-refractivity contribution in [1.29, 1.82) is 5.26 Å². The van der Waals surface area contributed by atoms with E-state index < -0.39 is 0 Å². The van der Waals surface area contributed by atoms with Crippen LogP contribution in [0.4, 0.5) is 11.6 Å². The molecule has 9 heteroatoms. The van der Waals surface area contributed by atoms with Gasteiger partial charge in [0.1, 0.15) is 41.1 Å². The molecule has 1 unspecified atom stereocenters. The minimum absolute atomic E-state index is 0.0310. The van der Waals surface area contributed by atoms with Crippen LogP contribution in [-0.4, -0.2) is 65.4 Å². The van der Waals surface area contributed by atoms with Crippen LogP contribution in [0.25, 0.3) is 11.1 Å². The number of nitriles is 1. The predicted molar refractivity (Wildman–Crippen MR) is 139 cm³/mol. The van der Waals surface area contributed by atoms with E-state index in [0.717, 1.165) is 17.7 Å². The molecule has 184 valence electrons. The lowest BCUT2D eigenvalue weighted by Gasteiger charge is -2.19. The fourth-order valence-electron chi connectivity index (χ4n) is 3.99. The molecule has 9 nitrogen and oxygen atoms in total. The standard InChI is InChI=1S/C27H29N7O2/c1-33(2)14-12-20(16-28)27(35)34-15-13-21(17-34)32-26-24(25(29)30-18-31-26)19-8-10-23(11-9-19)36-22-6-4-3-5-7-22/h3-12,18,21H,13-15,17H2,1-2H3,(H3,29,30,31,32)/b20-12+. The maximum atomic E-state index is 12.8. The second-order valence-corrected chi connectivity index (χ2v) is 8.79. The lowest BCUT2D eigenvalue weighted by molar-refractivity contribution is -0.125. The third-order valence-corrected chi connectivity index (χ3v) is 5.83. The number of anilines is 2. The first kappa shape index (κ1) is 24.7. The molecule has 36 heavy (non-hydrogen) atoms. The van der Waals surface area contributed by atoms with Gasteiger partial charge in [0.2, 0.25) is 0 Å². The van der Waals surface area contributed by atoms with Gasteiger partial charge in [-0.25, -0.2) is 9.97 Å². The van der Waals surface area contributed by atoms with Gasteiger partial charge < -0.3 is 25.6 Å². The van der Waals surface area contributed by atoms with Crippen molar-refractivity contribution in [3.8, 4) is 28.7 Å². The van der Waals surface area contributed by atoms with Crippen LogP contribution in [0, 0.1) is 11.3 Å². The number of ether oxygens (including phenoxy) is 1. The lowest BCUT2D eigenvalue weighted by atomic mass is 10.1. The van der Waals surface area contributed by atoms with Crippen LogP contribution in [-0.2, 0) is 4.79 Å². The summed E-state index contributed by atoms with van der Waals surface area (Å²) in [5.41, 5.74) is 7.95. The quantitative estimate of drug-likeness (QED) is 0.369. The van der Waals surface area contributed by atoms with Gasteiger partial charge in [0, 0.05) is 25.7 Å². The molecule has 1 fully saturated rings. The Morgan fingerprint density at radius 1 is 1.19 bits per heavy atom. The monoisotopic (exact) mass is 483 g/mol. The molecule has 1 saturated heterocycles. The number of para-hydroxylation sites is 1. The molecular weight excluding hydrogens is 454 g/mol. The second-order valence-electron chi connectivity index (χ2n) is 8.79. The van der Waals surface area contributed by atoms with Gasteiger partial charge in [-0.05, 0) is 56.4 Å². The number of nitrogens with zero attached hydrogens (tertiary/aromatic N) is 5. The fraction of sp³-hybridized carbons (Fsp3) is 0.259. The second kappa shape index (κ2) is 11.3. The highest BCUT2D eigenvalue weighted by Gasteiger charge is 2.29. The van der Waals surface area contributed by atoms with Gasteiger partial charge in [-0.2, -0.15) is 5.26 Å². The molecule has 1 aromatic heterocycles. The summed E-state index contributed by atoms with van der Waals surface area (Å²) < 4.78 is 5.88. The van der Waals surface area contributed by atoms with Crippen molar-refractivity contribution >= 4 is 17.5 Å². The Balaban J connectivity index is 1.47. The van der Waals surface area contributed by atoms with Crippen LogP contribution in [0.1, 0.15) is 6.42 Å². The molecule has 3 N–H and O–H groups in total. The zero-order valence-electron chi connectivity index (χ0n) is 20.4. The predicted octanol–water partition coefficient (Wildman–Crippen LogP) is 3.54. The highest BCUT2D eigenvalue weighted by Crippen LogP contribution is 2.33. The zero-order valence-corrected chi connectivity index (χ0v) is 20.4. The number of carbonyl (C=O) groups excluding carboxylic acids is 1. The van der Waals surface area contributed by atoms with Crippen molar-refractivity contribution < 1.29 is 9.53 Å². The Labute approximate surface area is 210 Å². The van der Waals surface area contributed by atoms with Crippen LogP contribution in [0.3, 0.4) is 0 Å². The third kappa shape index (κ3) is 5.98. The Bertz CT molecular complexity index is 1270. The van der Waals surface area contributed by atoms with Gasteiger partial charge in [0.05, 0.1) is 5.56 Å². The van der Waals surface area contributed by atoms with E-state index in [9.17, 15) is 10.1 Å². The van der Waals surface area contributed by atoms with E-state index in [-0.39, 0.29) is 17.5 Å². The van der Waals surface area contributed by atoms with Gasteiger partial charge in [-0.15, -0.1) is 0 Å². The SMILES string of the molecule is CN(C)C/C=C(\C#N)C(=O)N1CCC(Nc2ncnc(N)c2-c2ccc(Oc3ccccc3)cc2)C1. The molecule has 0 saturated carbocycles. The summed E-state index contributed by atoms with van der Waals surface area (Å²) in [6.07, 6.45) is 3.81. The first-order chi connectivity index (χ1) is 17.4. The van der Waals surface area contributed by atoms with Crippen molar-refractivity contribution in [1.82, 2.24) is 19.8 Å². The van der Waals surface area contributed by atoms with E-state index in [0.29, 0.717) is 42.6 Å². The van der Waals surface area contributed by atoms with Crippen LogP contribution in [0.2, 0.25) is 0 Å². The summed E-state index contributed by atoms with van der Waals surface area (Å²) in [5, 5.41) is 12.9. The van der Waals surface area contributed by atoms with Crippen molar-refractivity contribution in [2.75, 3.05) is 44.8 Å². The first-order valence-electron chi connectivity index (χ1n) is 11.7. The number of hydrogen-bond donors (Lipinski definition) is 2. The lowest BCUT2D eigenvalue weighted by Crippen LogP contribution is -2.33. The van der Waals surface area contributed by atoms with Crippen molar-refractivity contribution in [2.24, 2.45) is 0 Å². The number of nitrogens with two attached hydrogens (primary N) is 1. The van der Waals surface area contributed by atoms with Gasteiger partial charge in [-0.1, -0.05) is 30.3 Å². The highest BCUT2D eigenvalue weighted by atomic mass is 16.5. The number of aromatic nitrogens is 2. The van der Waals surface area contributed by atoms with Crippen molar-refractivity contribution in [3.63, 3.8) is 0 Å². The number of nitrogen functional groups attached to an aromatic ring is 1. The average molecular weight is 484 g/mol. The Kier molecular flexibility index (Phi) is 7.78. The van der Waals surface area contributed by atoms with E-state index in [1.165, 1.54) is 6.33 Å². The summed E-state index contributed by atoms with van der Waals surface area (Å²) in [4.78, 5) is 25.0. The van der Waals surface area contributed by atoms with E-state index in [4.69, 9.17) is 10.5 Å². The normalized spacial score (nSPS) is 15.6. The third-order valence-electron chi connectivity index (χ3n) is 5.83. The van der Waals surface area contributed by atoms with Crippen LogP contribution in [0.5, 0.6) is 11.5 Å². The number of rotatable bonds is 8. The topological polar surface area (TPSA) is 120 Å². The minimum Gasteiger partial charge on any atom is -0.457 e. The van der Waals surface area contributed by atoms with Crippen LogP contribution < -0.4 is 15.8 Å². The molecule has 1 aliphatic rings. The van der Waals surface area contributed by atoms with Gasteiger partial charge in [0.15, 0.2) is 0 Å². The number of amides is 1. The molecule has 0 bridgehead atoms. The number of carbonyl (C=O) groups is 1. The van der Waals surface area contributed by atoms with Gasteiger partial charge >= 0.3 is 0 Å². The van der Waals surface area contributed by atoms with E-state index in [2.05, 4.69) is 15.3 Å². The molecule has 0 spiro atoms. The van der Waals surface area contributed by atoms with E-state index in [1.54, 1.807) is 11.0 Å². The molecule has 3 aromatic rings. The minimum atomic E-state index is -0.250. The highest BCUT2D eigenvalue weighted by molar-refractivity contribution is 5.97. The van der Waals surface area contributed by atoms with Gasteiger partial charge in [-0.3, -0.25) is 4.79 Å². The Morgan fingerprint density at radius 3 is 2.61 bits per heavy atom. The van der Waals surface area contributed by atoms with Crippen molar-refractivity contribution in [2.45, 2.75) is 12.5 Å². The summed E-state index contributed by atoms with van der Waals surface area (Å²) in [6.45, 7) is 1.55. The molecule has 1 atom stereocenters. The number of nitrogens with one attached hydrogen (secondary N) is 1. The fourth-order valence-corrected chi connectivity index (χ4v) is 3.99. The summed E-state index contributed by atoms with van der Waals surface area (Å²) in [6, 6.07) is 19.1. The summed E-state index contributed by atoms with van der Waals surface area (Å²) in [7, 11) is 3.78. The largest absolute Gasteiger partial charge is 0.457 e. The number of hydrogen-bond acceptors (Lipinski definition) is 8. The average Bonchev–Trinajstić information content (AvgIpc) is 3.34. The van der Waals surface area contributed by atoms with Crippen LogP contribution >= 0.6 is 0 Å². The molecule has 2 heterocycles. The Morgan fingerprint density at radius 2 is 1.92 bits per heavy atom. The maximum absolute atomic E-state index is 12.8. The van der Waals surface area contributed by atoms with E-state index >= 15 is 0 Å². The number of likely N-dealkylation sites (N-methyl/N-ethyl adjacent to an activating group) is 1. The zero-order chi connectivity index (χ0) is 25.5. The van der Waals surface area contributed by atoms with Crippen LogP contribution in [0.15, 0.2) is 72.6 Å². The maximum Gasteiger partial charge on any atom is 0.264 e. The molecule has 1 amide bonds. The molecular formula is C27H29N7O2. The number of likely N-dealkylation sites (tertiary alicyclic amines) is 1. The molecule has 1 aliphatic heterocycles. The van der Waals surface area contributed by atoms with E-state index in [1.807, 2.05) is 79.7 Å². The summed E-state index contributed by atoms with van der Waals surface area (Å²) >= 11 is 0. The smallest absolute Gasteiger partial charge is 0.264 e. The van der Waals surface area contributed by atoms with Crippen molar-refractivity contribution in [3.05, 3.63) is 72.6 Å². The molecule has 0 radical (unpaired) electrons. The molecule has 2 aromatic carbocycles. The van der Waals surface area contributed by atoms with Gasteiger partial charge in [0.25, 0.3) is 5.91 Å². The Hall–Kier alpha value is -4.42. The summed E-state index contributed by atoms with van der Waals surface area (Å²) in [5.74, 6) is 2.16.